The Morgan fingerprint density at radius 3 is 2.87 bits per heavy atom. The van der Waals surface area contributed by atoms with Gasteiger partial charge in [-0.2, -0.15) is 5.26 Å². The third-order valence-electron chi connectivity index (χ3n) is 1.84. The van der Waals surface area contributed by atoms with Gasteiger partial charge < -0.3 is 5.32 Å². The SMILES string of the molecule is CNc1ccc(C=CC#N)cc1[N+](=O)[O-]. The van der Waals surface area contributed by atoms with Crippen LogP contribution in [0.1, 0.15) is 5.56 Å². The van der Waals surface area contributed by atoms with E-state index in [2.05, 4.69) is 5.32 Å². The fourth-order valence-corrected chi connectivity index (χ4v) is 1.15. The van der Waals surface area contributed by atoms with Gasteiger partial charge in [-0.3, -0.25) is 10.1 Å². The van der Waals surface area contributed by atoms with Crippen molar-refractivity contribution in [1.29, 1.82) is 5.26 Å². The molecule has 0 aliphatic carbocycles. The fraction of sp³-hybridized carbons (Fsp3) is 0.100. The lowest BCUT2D eigenvalue weighted by molar-refractivity contribution is -0.383. The molecule has 0 fully saturated rings. The van der Waals surface area contributed by atoms with Crippen LogP contribution in [0.2, 0.25) is 0 Å². The van der Waals surface area contributed by atoms with Crippen molar-refractivity contribution < 1.29 is 4.92 Å². The monoisotopic (exact) mass is 203 g/mol. The third-order valence-corrected chi connectivity index (χ3v) is 1.84. The minimum absolute atomic E-state index is 0.00223. The highest BCUT2D eigenvalue weighted by atomic mass is 16.6. The lowest BCUT2D eigenvalue weighted by atomic mass is 10.1. The minimum atomic E-state index is -0.463. The Morgan fingerprint density at radius 1 is 1.60 bits per heavy atom. The number of benzene rings is 1. The van der Waals surface area contributed by atoms with Crippen LogP contribution in [0.25, 0.3) is 6.08 Å². The van der Waals surface area contributed by atoms with E-state index in [1.54, 1.807) is 19.2 Å². The Balaban J connectivity index is 3.17. The summed E-state index contributed by atoms with van der Waals surface area (Å²) in [6.45, 7) is 0. The largest absolute Gasteiger partial charge is 0.383 e. The molecular weight excluding hydrogens is 194 g/mol. The minimum Gasteiger partial charge on any atom is -0.383 e. The molecule has 0 amide bonds. The fourth-order valence-electron chi connectivity index (χ4n) is 1.15. The number of nitriles is 1. The van der Waals surface area contributed by atoms with Crippen molar-refractivity contribution in [2.75, 3.05) is 12.4 Å². The zero-order valence-corrected chi connectivity index (χ0v) is 8.10. The molecule has 0 aromatic heterocycles. The molecule has 0 aliphatic heterocycles. The van der Waals surface area contributed by atoms with Crippen molar-refractivity contribution in [3.63, 3.8) is 0 Å². The first kappa shape index (κ1) is 10.7. The standard InChI is InChI=1S/C10H9N3O2/c1-12-9-5-4-8(3-2-6-11)7-10(9)13(14)15/h2-5,7,12H,1H3. The van der Waals surface area contributed by atoms with E-state index in [4.69, 9.17) is 5.26 Å². The number of nitro groups is 1. The summed E-state index contributed by atoms with van der Waals surface area (Å²) in [6, 6.07) is 6.55. The van der Waals surface area contributed by atoms with Crippen LogP contribution in [-0.4, -0.2) is 12.0 Å². The van der Waals surface area contributed by atoms with E-state index in [0.717, 1.165) is 0 Å². The predicted octanol–water partition coefficient (Wildman–Crippen LogP) is 2.17. The summed E-state index contributed by atoms with van der Waals surface area (Å²) in [6.07, 6.45) is 2.80. The van der Waals surface area contributed by atoms with Gasteiger partial charge in [-0.1, -0.05) is 6.07 Å². The van der Waals surface area contributed by atoms with Gasteiger partial charge >= 0.3 is 0 Å². The maximum Gasteiger partial charge on any atom is 0.292 e. The van der Waals surface area contributed by atoms with E-state index in [1.165, 1.54) is 18.2 Å². The average molecular weight is 203 g/mol. The maximum absolute atomic E-state index is 10.7. The van der Waals surface area contributed by atoms with Crippen LogP contribution in [-0.2, 0) is 0 Å². The Hall–Kier alpha value is -2.35. The van der Waals surface area contributed by atoms with Gasteiger partial charge in [0.1, 0.15) is 5.69 Å². The molecule has 1 aromatic rings. The van der Waals surface area contributed by atoms with Crippen LogP contribution in [0.15, 0.2) is 24.3 Å². The number of hydrogen-bond acceptors (Lipinski definition) is 4. The molecule has 15 heavy (non-hydrogen) atoms. The van der Waals surface area contributed by atoms with Gasteiger partial charge in [0, 0.05) is 19.2 Å². The van der Waals surface area contributed by atoms with Crippen LogP contribution in [0, 0.1) is 21.4 Å². The summed E-state index contributed by atoms with van der Waals surface area (Å²) in [7, 11) is 1.62. The highest BCUT2D eigenvalue weighted by molar-refractivity contribution is 5.67. The number of allylic oxidation sites excluding steroid dienone is 1. The van der Waals surface area contributed by atoms with Crippen molar-refractivity contribution in [1.82, 2.24) is 0 Å². The number of hydrogen-bond donors (Lipinski definition) is 1. The van der Waals surface area contributed by atoms with Crippen LogP contribution in [0.3, 0.4) is 0 Å². The molecule has 0 unspecified atom stereocenters. The second-order valence-corrected chi connectivity index (χ2v) is 2.75. The van der Waals surface area contributed by atoms with Crippen LogP contribution >= 0.6 is 0 Å². The Labute approximate surface area is 86.8 Å². The molecule has 5 heteroatoms. The lowest BCUT2D eigenvalue weighted by Crippen LogP contribution is -1.96. The predicted molar refractivity (Wildman–Crippen MR) is 57.3 cm³/mol. The molecule has 5 nitrogen and oxygen atoms in total. The molecule has 0 heterocycles. The number of nitro benzene ring substituents is 1. The van der Waals surface area contributed by atoms with E-state index >= 15 is 0 Å². The smallest absolute Gasteiger partial charge is 0.292 e. The molecule has 0 saturated heterocycles. The van der Waals surface area contributed by atoms with Gasteiger partial charge in [0.05, 0.1) is 11.0 Å². The summed E-state index contributed by atoms with van der Waals surface area (Å²) in [5.74, 6) is 0. The van der Waals surface area contributed by atoms with E-state index in [0.29, 0.717) is 11.3 Å². The van der Waals surface area contributed by atoms with Crippen molar-refractivity contribution in [3.05, 3.63) is 40.0 Å². The van der Waals surface area contributed by atoms with Crippen molar-refractivity contribution >= 4 is 17.5 Å². The second kappa shape index (κ2) is 4.77. The first-order valence-corrected chi connectivity index (χ1v) is 4.21. The van der Waals surface area contributed by atoms with Gasteiger partial charge in [-0.05, 0) is 17.7 Å². The normalized spacial score (nSPS) is 9.87. The topological polar surface area (TPSA) is 79.0 Å². The van der Waals surface area contributed by atoms with E-state index < -0.39 is 4.92 Å². The van der Waals surface area contributed by atoms with Crippen molar-refractivity contribution in [2.24, 2.45) is 0 Å². The molecule has 0 spiro atoms. The highest BCUT2D eigenvalue weighted by Crippen LogP contribution is 2.25. The van der Waals surface area contributed by atoms with Crippen LogP contribution < -0.4 is 5.32 Å². The van der Waals surface area contributed by atoms with Gasteiger partial charge in [-0.15, -0.1) is 0 Å². The third kappa shape index (κ3) is 2.54. The van der Waals surface area contributed by atoms with E-state index in [1.807, 2.05) is 6.07 Å². The first-order valence-electron chi connectivity index (χ1n) is 4.21. The second-order valence-electron chi connectivity index (χ2n) is 2.75. The molecule has 76 valence electrons. The molecule has 1 aromatic carbocycles. The average Bonchev–Trinajstić information content (AvgIpc) is 2.25. The zero-order chi connectivity index (χ0) is 11.3. The maximum atomic E-state index is 10.7. The lowest BCUT2D eigenvalue weighted by Gasteiger charge is -2.02. The first-order chi connectivity index (χ1) is 7.19. The summed E-state index contributed by atoms with van der Waals surface area (Å²) in [4.78, 5) is 10.2. The number of nitrogens with zero attached hydrogens (tertiary/aromatic N) is 2. The molecule has 0 saturated carbocycles. The van der Waals surface area contributed by atoms with E-state index in [-0.39, 0.29) is 5.69 Å². The summed E-state index contributed by atoms with van der Waals surface area (Å²) < 4.78 is 0. The quantitative estimate of drug-likeness (QED) is 0.464. The Bertz CT molecular complexity index is 446. The van der Waals surface area contributed by atoms with Crippen molar-refractivity contribution in [2.45, 2.75) is 0 Å². The number of nitrogens with one attached hydrogen (secondary N) is 1. The van der Waals surface area contributed by atoms with E-state index in [9.17, 15) is 10.1 Å². The van der Waals surface area contributed by atoms with Crippen LogP contribution in [0.5, 0.6) is 0 Å². The molecule has 0 radical (unpaired) electrons. The summed E-state index contributed by atoms with van der Waals surface area (Å²) >= 11 is 0. The number of anilines is 1. The van der Waals surface area contributed by atoms with Crippen LogP contribution in [0.4, 0.5) is 11.4 Å². The molecular formula is C10H9N3O2. The van der Waals surface area contributed by atoms with Crippen molar-refractivity contribution in [3.8, 4) is 6.07 Å². The van der Waals surface area contributed by atoms with Gasteiger partial charge in [0.15, 0.2) is 0 Å². The summed E-state index contributed by atoms with van der Waals surface area (Å²) in [5.41, 5.74) is 1.08. The van der Waals surface area contributed by atoms with Gasteiger partial charge in [0.25, 0.3) is 5.69 Å². The number of rotatable bonds is 3. The van der Waals surface area contributed by atoms with Gasteiger partial charge in [-0.25, -0.2) is 0 Å². The Morgan fingerprint density at radius 2 is 2.33 bits per heavy atom. The van der Waals surface area contributed by atoms with Gasteiger partial charge in [0.2, 0.25) is 0 Å². The molecule has 0 bridgehead atoms. The zero-order valence-electron chi connectivity index (χ0n) is 8.10. The highest BCUT2D eigenvalue weighted by Gasteiger charge is 2.12. The molecule has 1 rings (SSSR count). The summed E-state index contributed by atoms with van der Waals surface area (Å²) in [5, 5.41) is 21.7. The Kier molecular flexibility index (Phi) is 3.41. The molecule has 1 N–H and O–H groups in total. The molecule has 0 aliphatic rings. The molecule has 0 atom stereocenters.